The Hall–Kier alpha value is -3.54. The standard InChI is InChI=1S/C22H20FN3O2/c1-14(2)15-10-12-16(13-11-15)24-21(27)19-8-5-9-20(25-19)22(28)26-18-7-4-3-6-17(18)23/h3-14H,1-2H3,(H,24,27)(H,26,28). The molecule has 0 atom stereocenters. The molecule has 0 radical (unpaired) electrons. The number of halogens is 1. The van der Waals surface area contributed by atoms with Crippen molar-refractivity contribution in [2.24, 2.45) is 0 Å². The number of hydrogen-bond acceptors (Lipinski definition) is 3. The maximum atomic E-state index is 13.7. The Bertz CT molecular complexity index is 1000. The Morgan fingerprint density at radius 1 is 0.821 bits per heavy atom. The van der Waals surface area contributed by atoms with Crippen LogP contribution in [0.4, 0.5) is 15.8 Å². The molecule has 0 unspecified atom stereocenters. The third-order valence-electron chi connectivity index (χ3n) is 4.17. The van der Waals surface area contributed by atoms with E-state index in [-0.39, 0.29) is 17.1 Å². The lowest BCUT2D eigenvalue weighted by atomic mass is 10.0. The first-order chi connectivity index (χ1) is 13.4. The Morgan fingerprint density at radius 3 is 2.04 bits per heavy atom. The molecule has 1 heterocycles. The van der Waals surface area contributed by atoms with E-state index in [0.29, 0.717) is 11.6 Å². The topological polar surface area (TPSA) is 71.1 Å². The Labute approximate surface area is 162 Å². The molecule has 0 bridgehead atoms. The maximum Gasteiger partial charge on any atom is 0.274 e. The van der Waals surface area contributed by atoms with Crippen LogP contribution in [0.15, 0.2) is 66.7 Å². The van der Waals surface area contributed by atoms with Gasteiger partial charge in [0.15, 0.2) is 0 Å². The average molecular weight is 377 g/mol. The first-order valence-electron chi connectivity index (χ1n) is 8.88. The fourth-order valence-electron chi connectivity index (χ4n) is 2.58. The summed E-state index contributed by atoms with van der Waals surface area (Å²) in [6.07, 6.45) is 0. The van der Waals surface area contributed by atoms with Crippen LogP contribution in [0.5, 0.6) is 0 Å². The van der Waals surface area contributed by atoms with E-state index < -0.39 is 17.6 Å². The smallest absolute Gasteiger partial charge is 0.274 e. The van der Waals surface area contributed by atoms with E-state index in [4.69, 9.17) is 0 Å². The van der Waals surface area contributed by atoms with Gasteiger partial charge in [-0.25, -0.2) is 9.37 Å². The SMILES string of the molecule is CC(C)c1ccc(NC(=O)c2cccc(C(=O)Nc3ccccc3F)n2)cc1. The Kier molecular flexibility index (Phi) is 5.79. The van der Waals surface area contributed by atoms with E-state index in [0.717, 1.165) is 0 Å². The number of nitrogens with zero attached hydrogens (tertiary/aromatic N) is 1. The summed E-state index contributed by atoms with van der Waals surface area (Å²) in [4.78, 5) is 28.9. The van der Waals surface area contributed by atoms with Crippen molar-refractivity contribution in [3.8, 4) is 0 Å². The minimum Gasteiger partial charge on any atom is -0.321 e. The lowest BCUT2D eigenvalue weighted by molar-refractivity contribution is 0.101. The fraction of sp³-hybridized carbons (Fsp3) is 0.136. The quantitative estimate of drug-likeness (QED) is 0.668. The molecule has 142 valence electrons. The van der Waals surface area contributed by atoms with Gasteiger partial charge in [0.2, 0.25) is 0 Å². The van der Waals surface area contributed by atoms with E-state index in [1.807, 2.05) is 24.3 Å². The predicted molar refractivity (Wildman–Crippen MR) is 107 cm³/mol. The molecule has 0 saturated carbocycles. The molecule has 0 fully saturated rings. The zero-order valence-electron chi connectivity index (χ0n) is 15.6. The molecule has 5 nitrogen and oxygen atoms in total. The van der Waals surface area contributed by atoms with Crippen LogP contribution in [0.25, 0.3) is 0 Å². The number of hydrogen-bond donors (Lipinski definition) is 2. The van der Waals surface area contributed by atoms with Crippen LogP contribution in [0, 0.1) is 5.82 Å². The third kappa shape index (κ3) is 4.59. The molecule has 3 aromatic rings. The molecule has 0 aliphatic carbocycles. The number of amides is 2. The summed E-state index contributed by atoms with van der Waals surface area (Å²) in [6, 6.07) is 17.9. The van der Waals surface area contributed by atoms with Crippen molar-refractivity contribution in [3.05, 3.63) is 89.5 Å². The van der Waals surface area contributed by atoms with Gasteiger partial charge in [-0.1, -0.05) is 44.2 Å². The number of anilines is 2. The minimum absolute atomic E-state index is 0.0195. The molecule has 2 amide bonds. The van der Waals surface area contributed by atoms with Crippen LogP contribution in [0.1, 0.15) is 46.3 Å². The molecule has 0 aliphatic heterocycles. The molecular formula is C22H20FN3O2. The minimum atomic E-state index is -0.596. The molecule has 0 spiro atoms. The zero-order chi connectivity index (χ0) is 20.1. The summed E-state index contributed by atoms with van der Waals surface area (Å²) < 4.78 is 13.7. The summed E-state index contributed by atoms with van der Waals surface area (Å²) >= 11 is 0. The normalized spacial score (nSPS) is 10.6. The second-order valence-corrected chi connectivity index (χ2v) is 6.57. The van der Waals surface area contributed by atoms with Crippen molar-refractivity contribution in [1.82, 2.24) is 4.98 Å². The average Bonchev–Trinajstić information content (AvgIpc) is 2.70. The molecule has 1 aromatic heterocycles. The van der Waals surface area contributed by atoms with E-state index in [2.05, 4.69) is 29.5 Å². The van der Waals surface area contributed by atoms with Gasteiger partial charge >= 0.3 is 0 Å². The van der Waals surface area contributed by atoms with E-state index in [9.17, 15) is 14.0 Å². The van der Waals surface area contributed by atoms with Crippen LogP contribution < -0.4 is 10.6 Å². The van der Waals surface area contributed by atoms with Crippen LogP contribution in [0.3, 0.4) is 0 Å². The number of benzene rings is 2. The van der Waals surface area contributed by atoms with E-state index in [1.165, 1.54) is 35.9 Å². The van der Waals surface area contributed by atoms with Gasteiger partial charge in [-0.15, -0.1) is 0 Å². The number of rotatable bonds is 5. The highest BCUT2D eigenvalue weighted by atomic mass is 19.1. The first-order valence-corrected chi connectivity index (χ1v) is 8.88. The highest BCUT2D eigenvalue weighted by molar-refractivity contribution is 6.06. The van der Waals surface area contributed by atoms with Gasteiger partial charge in [0, 0.05) is 5.69 Å². The van der Waals surface area contributed by atoms with Crippen LogP contribution in [0.2, 0.25) is 0 Å². The van der Waals surface area contributed by atoms with Gasteiger partial charge in [0.25, 0.3) is 11.8 Å². The van der Waals surface area contributed by atoms with Gasteiger partial charge in [-0.05, 0) is 47.9 Å². The second-order valence-electron chi connectivity index (χ2n) is 6.57. The monoisotopic (exact) mass is 377 g/mol. The van der Waals surface area contributed by atoms with Crippen LogP contribution in [-0.4, -0.2) is 16.8 Å². The molecule has 3 rings (SSSR count). The van der Waals surface area contributed by atoms with E-state index >= 15 is 0 Å². The highest BCUT2D eigenvalue weighted by Crippen LogP contribution is 2.18. The van der Waals surface area contributed by atoms with Crippen molar-refractivity contribution >= 4 is 23.2 Å². The Balaban J connectivity index is 1.72. The predicted octanol–water partition coefficient (Wildman–Crippen LogP) is 4.85. The Morgan fingerprint density at radius 2 is 1.43 bits per heavy atom. The largest absolute Gasteiger partial charge is 0.321 e. The van der Waals surface area contributed by atoms with Crippen molar-refractivity contribution in [1.29, 1.82) is 0 Å². The molecule has 0 saturated heterocycles. The van der Waals surface area contributed by atoms with Gasteiger partial charge in [-0.3, -0.25) is 9.59 Å². The number of para-hydroxylation sites is 1. The number of pyridine rings is 1. The highest BCUT2D eigenvalue weighted by Gasteiger charge is 2.14. The van der Waals surface area contributed by atoms with Crippen molar-refractivity contribution in [2.75, 3.05) is 10.6 Å². The molecule has 28 heavy (non-hydrogen) atoms. The summed E-state index contributed by atoms with van der Waals surface area (Å²) in [5.41, 5.74) is 1.97. The van der Waals surface area contributed by atoms with Gasteiger partial charge < -0.3 is 10.6 Å². The van der Waals surface area contributed by atoms with E-state index in [1.54, 1.807) is 12.1 Å². The molecule has 2 aromatic carbocycles. The first kappa shape index (κ1) is 19.2. The third-order valence-corrected chi connectivity index (χ3v) is 4.17. The van der Waals surface area contributed by atoms with Gasteiger partial charge in [-0.2, -0.15) is 0 Å². The maximum absolute atomic E-state index is 13.7. The number of carbonyl (C=O) groups excluding carboxylic acids is 2. The number of aromatic nitrogens is 1. The lowest BCUT2D eigenvalue weighted by Crippen LogP contribution is -2.18. The molecule has 6 heteroatoms. The lowest BCUT2D eigenvalue weighted by Gasteiger charge is -2.09. The fourth-order valence-corrected chi connectivity index (χ4v) is 2.58. The number of nitrogens with one attached hydrogen (secondary N) is 2. The summed E-state index contributed by atoms with van der Waals surface area (Å²) in [5, 5.41) is 5.21. The van der Waals surface area contributed by atoms with Gasteiger partial charge in [0.1, 0.15) is 17.2 Å². The van der Waals surface area contributed by atoms with Crippen LogP contribution >= 0.6 is 0 Å². The second kappa shape index (κ2) is 8.43. The van der Waals surface area contributed by atoms with Gasteiger partial charge in [0.05, 0.1) is 5.69 Å². The van der Waals surface area contributed by atoms with Crippen molar-refractivity contribution < 1.29 is 14.0 Å². The molecule has 2 N–H and O–H groups in total. The van der Waals surface area contributed by atoms with Crippen molar-refractivity contribution in [3.63, 3.8) is 0 Å². The number of carbonyl (C=O) groups is 2. The molecular weight excluding hydrogens is 357 g/mol. The summed E-state index contributed by atoms with van der Waals surface area (Å²) in [7, 11) is 0. The van der Waals surface area contributed by atoms with Crippen molar-refractivity contribution in [2.45, 2.75) is 19.8 Å². The summed E-state index contributed by atoms with van der Waals surface area (Å²) in [6.45, 7) is 4.19. The summed E-state index contributed by atoms with van der Waals surface area (Å²) in [5.74, 6) is -1.18. The van der Waals surface area contributed by atoms with Crippen LogP contribution in [-0.2, 0) is 0 Å². The molecule has 0 aliphatic rings. The zero-order valence-corrected chi connectivity index (χ0v) is 15.6.